The molecule has 2 N–H and O–H groups in total. The molecule has 1 aromatic carbocycles. The summed E-state index contributed by atoms with van der Waals surface area (Å²) >= 11 is 0. The number of anilines is 2. The Balaban J connectivity index is 1.81. The second-order valence-corrected chi connectivity index (χ2v) is 4.82. The van der Waals surface area contributed by atoms with Gasteiger partial charge in [0.05, 0.1) is 17.9 Å². The molecule has 0 saturated heterocycles. The average Bonchev–Trinajstić information content (AvgIpc) is 3.18. The Hall–Kier alpha value is -1.73. The molecular weight excluding hydrogens is 226 g/mol. The van der Waals surface area contributed by atoms with E-state index in [9.17, 15) is 0 Å². The van der Waals surface area contributed by atoms with Crippen LogP contribution in [0.25, 0.3) is 0 Å². The van der Waals surface area contributed by atoms with Crippen LogP contribution in [-0.4, -0.2) is 26.8 Å². The zero-order valence-corrected chi connectivity index (χ0v) is 10.7. The molecule has 0 bridgehead atoms. The minimum Gasteiger partial charge on any atom is -0.398 e. The van der Waals surface area contributed by atoms with E-state index in [-0.39, 0.29) is 0 Å². The van der Waals surface area contributed by atoms with Crippen LogP contribution in [0.5, 0.6) is 0 Å². The second-order valence-electron chi connectivity index (χ2n) is 4.82. The molecule has 1 saturated carbocycles. The summed E-state index contributed by atoms with van der Waals surface area (Å²) in [6, 6.07) is 7.57. The fourth-order valence-electron chi connectivity index (χ4n) is 1.75. The van der Waals surface area contributed by atoms with Crippen LogP contribution in [0.2, 0.25) is 0 Å². The van der Waals surface area contributed by atoms with Gasteiger partial charge in [0.2, 0.25) is 0 Å². The van der Waals surface area contributed by atoms with Crippen molar-refractivity contribution in [2.75, 3.05) is 37.4 Å². The van der Waals surface area contributed by atoms with Gasteiger partial charge in [-0.3, -0.25) is 0 Å². The molecule has 1 aliphatic carbocycles. The van der Waals surface area contributed by atoms with E-state index in [0.29, 0.717) is 11.3 Å². The highest BCUT2D eigenvalue weighted by Crippen LogP contribution is 2.28. The number of hydrogen-bond acceptors (Lipinski definition) is 4. The zero-order chi connectivity index (χ0) is 13.0. The average molecular weight is 245 g/mol. The largest absolute Gasteiger partial charge is 0.398 e. The lowest BCUT2D eigenvalue weighted by molar-refractivity contribution is 0.131. The number of nitrogens with two attached hydrogens (primary N) is 1. The van der Waals surface area contributed by atoms with Gasteiger partial charge in [-0.25, -0.2) is 0 Å². The smallest absolute Gasteiger partial charge is 0.101 e. The lowest BCUT2D eigenvalue weighted by atomic mass is 10.1. The summed E-state index contributed by atoms with van der Waals surface area (Å²) in [5.74, 6) is 0.806. The van der Waals surface area contributed by atoms with E-state index in [0.717, 1.165) is 31.4 Å². The van der Waals surface area contributed by atoms with Crippen molar-refractivity contribution in [1.82, 2.24) is 0 Å². The molecule has 0 spiro atoms. The van der Waals surface area contributed by atoms with Gasteiger partial charge in [-0.05, 0) is 37.0 Å². The number of benzene rings is 1. The molecule has 0 amide bonds. The zero-order valence-electron chi connectivity index (χ0n) is 10.7. The van der Waals surface area contributed by atoms with Gasteiger partial charge < -0.3 is 15.4 Å². The summed E-state index contributed by atoms with van der Waals surface area (Å²) in [5.41, 5.74) is 7.86. The van der Waals surface area contributed by atoms with Crippen LogP contribution in [-0.2, 0) is 4.74 Å². The van der Waals surface area contributed by atoms with Crippen LogP contribution < -0.4 is 10.6 Å². The molecule has 1 fully saturated rings. The van der Waals surface area contributed by atoms with Crippen molar-refractivity contribution in [3.8, 4) is 6.07 Å². The Morgan fingerprint density at radius 3 is 2.89 bits per heavy atom. The molecule has 0 heterocycles. The van der Waals surface area contributed by atoms with Crippen molar-refractivity contribution < 1.29 is 4.74 Å². The fraction of sp³-hybridized carbons (Fsp3) is 0.500. The maximum Gasteiger partial charge on any atom is 0.101 e. The Morgan fingerprint density at radius 2 is 2.28 bits per heavy atom. The summed E-state index contributed by atoms with van der Waals surface area (Å²) in [5, 5.41) is 8.82. The minimum absolute atomic E-state index is 0.525. The van der Waals surface area contributed by atoms with Gasteiger partial charge in [0.15, 0.2) is 0 Å². The van der Waals surface area contributed by atoms with Crippen molar-refractivity contribution in [3.05, 3.63) is 23.8 Å². The van der Waals surface area contributed by atoms with Crippen molar-refractivity contribution in [2.24, 2.45) is 5.92 Å². The number of nitrogen functional groups attached to an aromatic ring is 1. The van der Waals surface area contributed by atoms with Gasteiger partial charge >= 0.3 is 0 Å². The topological polar surface area (TPSA) is 62.3 Å². The van der Waals surface area contributed by atoms with E-state index in [4.69, 9.17) is 15.7 Å². The Morgan fingerprint density at radius 1 is 1.50 bits per heavy atom. The first-order valence-corrected chi connectivity index (χ1v) is 6.29. The van der Waals surface area contributed by atoms with Gasteiger partial charge in [0.25, 0.3) is 0 Å². The van der Waals surface area contributed by atoms with Gasteiger partial charge in [-0.1, -0.05) is 0 Å². The number of nitriles is 1. The molecule has 0 radical (unpaired) electrons. The number of nitrogens with zero attached hydrogens (tertiary/aromatic N) is 2. The maximum atomic E-state index is 8.82. The van der Waals surface area contributed by atoms with E-state index in [1.54, 1.807) is 6.07 Å². The molecule has 0 unspecified atom stereocenters. The highest BCUT2D eigenvalue weighted by atomic mass is 16.5. The monoisotopic (exact) mass is 245 g/mol. The van der Waals surface area contributed by atoms with Crippen LogP contribution in [0.4, 0.5) is 11.4 Å². The molecule has 4 nitrogen and oxygen atoms in total. The Kier molecular flexibility index (Phi) is 4.06. The van der Waals surface area contributed by atoms with E-state index in [1.165, 1.54) is 12.8 Å². The molecule has 0 aromatic heterocycles. The molecule has 1 aliphatic rings. The molecule has 1 aromatic rings. The first-order chi connectivity index (χ1) is 8.70. The van der Waals surface area contributed by atoms with E-state index >= 15 is 0 Å². The second kappa shape index (κ2) is 5.74. The molecule has 2 rings (SSSR count). The third-order valence-electron chi connectivity index (χ3n) is 3.22. The lowest BCUT2D eigenvalue weighted by Crippen LogP contribution is -2.23. The van der Waals surface area contributed by atoms with Gasteiger partial charge in [-0.2, -0.15) is 5.26 Å². The summed E-state index contributed by atoms with van der Waals surface area (Å²) in [7, 11) is 2.00. The lowest BCUT2D eigenvalue weighted by Gasteiger charge is -2.19. The molecule has 96 valence electrons. The van der Waals surface area contributed by atoms with Gasteiger partial charge in [0.1, 0.15) is 6.07 Å². The molecule has 0 atom stereocenters. The number of likely N-dealkylation sites (N-methyl/N-ethyl adjacent to an activating group) is 1. The third-order valence-corrected chi connectivity index (χ3v) is 3.22. The Bertz CT molecular complexity index is 449. The van der Waals surface area contributed by atoms with Crippen molar-refractivity contribution in [1.29, 1.82) is 5.26 Å². The standard InChI is InChI=1S/C14H19N3O/c1-17(6-7-18-10-11-2-3-11)13-5-4-12(9-15)14(16)8-13/h4-5,8,11H,2-3,6-7,10,16H2,1H3. The predicted octanol–water partition coefficient (Wildman–Crippen LogP) is 2.00. The van der Waals surface area contributed by atoms with E-state index < -0.39 is 0 Å². The molecule has 4 heteroatoms. The first kappa shape index (κ1) is 12.7. The number of hydrogen-bond donors (Lipinski definition) is 1. The maximum absolute atomic E-state index is 8.82. The number of rotatable bonds is 6. The summed E-state index contributed by atoms with van der Waals surface area (Å²) < 4.78 is 5.60. The van der Waals surface area contributed by atoms with Crippen LogP contribution in [0.1, 0.15) is 18.4 Å². The Labute approximate surface area is 108 Å². The summed E-state index contributed by atoms with van der Waals surface area (Å²) in [6.07, 6.45) is 2.64. The summed E-state index contributed by atoms with van der Waals surface area (Å²) in [6.45, 7) is 2.45. The van der Waals surface area contributed by atoms with Crippen molar-refractivity contribution >= 4 is 11.4 Å². The minimum atomic E-state index is 0.525. The van der Waals surface area contributed by atoms with Crippen LogP contribution in [0.3, 0.4) is 0 Å². The SMILES string of the molecule is CN(CCOCC1CC1)c1ccc(C#N)c(N)c1. The third kappa shape index (κ3) is 3.38. The molecule has 0 aliphatic heterocycles. The van der Waals surface area contributed by atoms with Crippen LogP contribution in [0.15, 0.2) is 18.2 Å². The van der Waals surface area contributed by atoms with E-state index in [1.807, 2.05) is 19.2 Å². The van der Waals surface area contributed by atoms with Crippen LogP contribution >= 0.6 is 0 Å². The highest BCUT2D eigenvalue weighted by molar-refractivity contribution is 5.63. The quantitative estimate of drug-likeness (QED) is 0.615. The molecule has 18 heavy (non-hydrogen) atoms. The normalized spacial score (nSPS) is 14.2. The molecular formula is C14H19N3O. The first-order valence-electron chi connectivity index (χ1n) is 6.29. The van der Waals surface area contributed by atoms with Crippen LogP contribution in [0, 0.1) is 17.2 Å². The van der Waals surface area contributed by atoms with Gasteiger partial charge in [-0.15, -0.1) is 0 Å². The predicted molar refractivity (Wildman–Crippen MR) is 72.4 cm³/mol. The van der Waals surface area contributed by atoms with Crippen molar-refractivity contribution in [3.63, 3.8) is 0 Å². The highest BCUT2D eigenvalue weighted by Gasteiger charge is 2.20. The van der Waals surface area contributed by atoms with Crippen molar-refractivity contribution in [2.45, 2.75) is 12.8 Å². The van der Waals surface area contributed by atoms with E-state index in [2.05, 4.69) is 11.0 Å². The fourth-order valence-corrected chi connectivity index (χ4v) is 1.75. The summed E-state index contributed by atoms with van der Waals surface area (Å²) in [4.78, 5) is 2.09. The number of ether oxygens (including phenoxy) is 1. The van der Waals surface area contributed by atoms with Gasteiger partial charge in [0, 0.05) is 25.9 Å².